The summed E-state index contributed by atoms with van der Waals surface area (Å²) in [6.07, 6.45) is 4.27. The Kier molecular flexibility index (Phi) is 1.32. The Morgan fingerprint density at radius 3 is 1.50 bits per heavy atom. The average Bonchev–Trinajstić information content (AvgIpc) is 1.92. The van der Waals surface area contributed by atoms with Gasteiger partial charge >= 0.3 is 0 Å². The third-order valence-corrected chi connectivity index (χ3v) is 2.96. The van der Waals surface area contributed by atoms with E-state index in [0.717, 1.165) is 0 Å². The molecule has 0 saturated heterocycles. The number of fused-ring (bicyclic) bond motifs is 1. The Hall–Kier alpha value is -0.340. The standard InChI is InChI=1S/C8H12O2/c9-3-7-5-1-2-6(5)8(7)4-10/h1-2,5-10H,3-4H2. The fraction of sp³-hybridized carbons (Fsp3) is 0.750. The van der Waals surface area contributed by atoms with E-state index in [1.165, 1.54) is 0 Å². The minimum Gasteiger partial charge on any atom is -0.396 e. The number of hydrogen-bond donors (Lipinski definition) is 2. The second-order valence-corrected chi connectivity index (χ2v) is 3.23. The summed E-state index contributed by atoms with van der Waals surface area (Å²) in [4.78, 5) is 0. The Morgan fingerprint density at radius 2 is 1.30 bits per heavy atom. The average molecular weight is 140 g/mol. The van der Waals surface area contributed by atoms with E-state index in [9.17, 15) is 0 Å². The van der Waals surface area contributed by atoms with Crippen LogP contribution in [0.1, 0.15) is 0 Å². The summed E-state index contributed by atoms with van der Waals surface area (Å²) in [5.41, 5.74) is 0. The second-order valence-electron chi connectivity index (χ2n) is 3.23. The summed E-state index contributed by atoms with van der Waals surface area (Å²) in [5, 5.41) is 17.7. The van der Waals surface area contributed by atoms with Crippen molar-refractivity contribution in [3.05, 3.63) is 12.2 Å². The van der Waals surface area contributed by atoms with Crippen LogP contribution in [-0.4, -0.2) is 23.4 Å². The number of aliphatic hydroxyl groups is 2. The van der Waals surface area contributed by atoms with Crippen LogP contribution in [0, 0.1) is 23.7 Å². The first-order valence-electron chi connectivity index (χ1n) is 3.78. The highest BCUT2D eigenvalue weighted by Crippen LogP contribution is 2.52. The highest BCUT2D eigenvalue weighted by atomic mass is 16.3. The fourth-order valence-corrected chi connectivity index (χ4v) is 2.16. The van der Waals surface area contributed by atoms with E-state index in [2.05, 4.69) is 12.2 Å². The van der Waals surface area contributed by atoms with Crippen LogP contribution >= 0.6 is 0 Å². The van der Waals surface area contributed by atoms with Gasteiger partial charge in [0.05, 0.1) is 0 Å². The lowest BCUT2D eigenvalue weighted by Crippen LogP contribution is -2.52. The van der Waals surface area contributed by atoms with Crippen molar-refractivity contribution in [2.24, 2.45) is 23.7 Å². The number of hydrogen-bond acceptors (Lipinski definition) is 2. The number of aliphatic hydroxyl groups excluding tert-OH is 2. The minimum absolute atomic E-state index is 0.233. The molecule has 0 amide bonds. The SMILES string of the molecule is OCC1C2C=CC2C1CO. The van der Waals surface area contributed by atoms with Gasteiger partial charge in [0.1, 0.15) is 0 Å². The summed E-state index contributed by atoms with van der Waals surface area (Å²) in [7, 11) is 0. The summed E-state index contributed by atoms with van der Waals surface area (Å²) in [6.45, 7) is 0.466. The maximum atomic E-state index is 8.86. The maximum absolute atomic E-state index is 8.86. The highest BCUT2D eigenvalue weighted by molar-refractivity contribution is 5.21. The van der Waals surface area contributed by atoms with Gasteiger partial charge in [-0.25, -0.2) is 0 Å². The molecular weight excluding hydrogens is 128 g/mol. The van der Waals surface area contributed by atoms with Crippen molar-refractivity contribution in [2.75, 3.05) is 13.2 Å². The maximum Gasteiger partial charge on any atom is 0.0468 e. The van der Waals surface area contributed by atoms with Crippen molar-refractivity contribution in [2.45, 2.75) is 0 Å². The van der Waals surface area contributed by atoms with Gasteiger partial charge in [0.2, 0.25) is 0 Å². The van der Waals surface area contributed by atoms with Gasteiger partial charge in [0, 0.05) is 13.2 Å². The Labute approximate surface area is 60.2 Å². The van der Waals surface area contributed by atoms with Gasteiger partial charge in [-0.15, -0.1) is 0 Å². The van der Waals surface area contributed by atoms with Crippen molar-refractivity contribution < 1.29 is 10.2 Å². The van der Waals surface area contributed by atoms with Crippen LogP contribution in [0.3, 0.4) is 0 Å². The van der Waals surface area contributed by atoms with Crippen LogP contribution in [0.25, 0.3) is 0 Å². The van der Waals surface area contributed by atoms with Crippen LogP contribution in [0.15, 0.2) is 12.2 Å². The smallest absolute Gasteiger partial charge is 0.0468 e. The lowest BCUT2D eigenvalue weighted by molar-refractivity contribution is -0.0497. The van der Waals surface area contributed by atoms with Crippen LogP contribution < -0.4 is 0 Å². The number of rotatable bonds is 2. The molecule has 2 aliphatic carbocycles. The van der Waals surface area contributed by atoms with Crippen LogP contribution in [0.5, 0.6) is 0 Å². The highest BCUT2D eigenvalue weighted by Gasteiger charge is 2.50. The minimum atomic E-state index is 0.233. The monoisotopic (exact) mass is 140 g/mol. The first-order valence-corrected chi connectivity index (χ1v) is 3.78. The van der Waals surface area contributed by atoms with Crippen molar-refractivity contribution in [3.63, 3.8) is 0 Å². The van der Waals surface area contributed by atoms with E-state index < -0.39 is 0 Å². The Balaban J connectivity index is 2.02. The Bertz CT molecular complexity index is 147. The molecule has 56 valence electrons. The largest absolute Gasteiger partial charge is 0.396 e. The summed E-state index contributed by atoms with van der Waals surface area (Å²) < 4.78 is 0. The molecule has 2 nitrogen and oxygen atoms in total. The zero-order valence-electron chi connectivity index (χ0n) is 5.77. The predicted octanol–water partition coefficient (Wildman–Crippen LogP) is 0.0192. The van der Waals surface area contributed by atoms with E-state index in [-0.39, 0.29) is 13.2 Å². The molecule has 0 aromatic carbocycles. The molecule has 0 spiro atoms. The normalized spacial score (nSPS) is 49.4. The first-order chi connectivity index (χ1) is 4.88. The van der Waals surface area contributed by atoms with Gasteiger partial charge < -0.3 is 10.2 Å². The fourth-order valence-electron chi connectivity index (χ4n) is 2.16. The molecule has 0 bridgehead atoms. The molecule has 0 heterocycles. The lowest BCUT2D eigenvalue weighted by Gasteiger charge is -2.53. The third kappa shape index (κ3) is 0.559. The van der Waals surface area contributed by atoms with E-state index in [1.54, 1.807) is 0 Å². The molecule has 4 atom stereocenters. The van der Waals surface area contributed by atoms with E-state index in [0.29, 0.717) is 23.7 Å². The molecule has 1 fully saturated rings. The van der Waals surface area contributed by atoms with Crippen molar-refractivity contribution >= 4 is 0 Å². The van der Waals surface area contributed by atoms with E-state index >= 15 is 0 Å². The zero-order valence-corrected chi connectivity index (χ0v) is 5.77. The first kappa shape index (κ1) is 6.38. The van der Waals surface area contributed by atoms with Gasteiger partial charge in [-0.05, 0) is 23.7 Å². The van der Waals surface area contributed by atoms with Crippen molar-refractivity contribution in [1.29, 1.82) is 0 Å². The molecule has 1 saturated carbocycles. The molecule has 0 aromatic heterocycles. The topological polar surface area (TPSA) is 40.5 Å². The quantitative estimate of drug-likeness (QED) is 0.531. The molecule has 4 unspecified atom stereocenters. The summed E-state index contributed by atoms with van der Waals surface area (Å²) >= 11 is 0. The van der Waals surface area contributed by atoms with E-state index in [1.807, 2.05) is 0 Å². The molecule has 2 rings (SSSR count). The van der Waals surface area contributed by atoms with Gasteiger partial charge in [0.25, 0.3) is 0 Å². The molecule has 0 aromatic rings. The van der Waals surface area contributed by atoms with Gasteiger partial charge in [-0.2, -0.15) is 0 Å². The van der Waals surface area contributed by atoms with Crippen molar-refractivity contribution in [3.8, 4) is 0 Å². The molecule has 0 aliphatic heterocycles. The lowest BCUT2D eigenvalue weighted by atomic mass is 9.52. The van der Waals surface area contributed by atoms with E-state index in [4.69, 9.17) is 10.2 Å². The molecule has 2 heteroatoms. The number of allylic oxidation sites excluding steroid dienone is 2. The van der Waals surface area contributed by atoms with Gasteiger partial charge in [0.15, 0.2) is 0 Å². The second kappa shape index (κ2) is 2.07. The summed E-state index contributed by atoms with van der Waals surface area (Å²) in [6, 6.07) is 0. The van der Waals surface area contributed by atoms with Gasteiger partial charge in [-0.1, -0.05) is 12.2 Å². The summed E-state index contributed by atoms with van der Waals surface area (Å²) in [5.74, 6) is 1.87. The molecule has 2 aliphatic rings. The molecular formula is C8H12O2. The van der Waals surface area contributed by atoms with Crippen LogP contribution in [0.2, 0.25) is 0 Å². The zero-order chi connectivity index (χ0) is 7.14. The van der Waals surface area contributed by atoms with Gasteiger partial charge in [-0.3, -0.25) is 0 Å². The molecule has 0 radical (unpaired) electrons. The Morgan fingerprint density at radius 1 is 0.900 bits per heavy atom. The molecule has 2 N–H and O–H groups in total. The van der Waals surface area contributed by atoms with Crippen molar-refractivity contribution in [1.82, 2.24) is 0 Å². The third-order valence-electron chi connectivity index (χ3n) is 2.96. The van der Waals surface area contributed by atoms with Crippen LogP contribution in [-0.2, 0) is 0 Å². The predicted molar refractivity (Wildman–Crippen MR) is 37.3 cm³/mol. The molecule has 10 heavy (non-hydrogen) atoms. The van der Waals surface area contributed by atoms with Crippen LogP contribution in [0.4, 0.5) is 0 Å².